The van der Waals surface area contributed by atoms with Crippen LogP contribution in [0.5, 0.6) is 0 Å². The third-order valence-electron chi connectivity index (χ3n) is 3.55. The van der Waals surface area contributed by atoms with E-state index in [0.717, 1.165) is 5.56 Å². The summed E-state index contributed by atoms with van der Waals surface area (Å²) in [5.74, 6) is -0.513. The number of likely N-dealkylation sites (N-methyl/N-ethyl adjacent to an activating group) is 1. The number of hydrogen-bond acceptors (Lipinski definition) is 2. The summed E-state index contributed by atoms with van der Waals surface area (Å²) in [6.45, 7) is 0.503. The van der Waals surface area contributed by atoms with Gasteiger partial charge in [0.1, 0.15) is 5.82 Å². The van der Waals surface area contributed by atoms with Crippen molar-refractivity contribution in [3.63, 3.8) is 0 Å². The highest BCUT2D eigenvalue weighted by Crippen LogP contribution is 2.16. The normalized spacial score (nSPS) is 12.5. The van der Waals surface area contributed by atoms with Gasteiger partial charge in [0.05, 0.1) is 6.04 Å². The van der Waals surface area contributed by atoms with E-state index in [1.807, 2.05) is 44.4 Å². The first-order chi connectivity index (χ1) is 11.1. The summed E-state index contributed by atoms with van der Waals surface area (Å²) in [4.78, 5) is 14.0. The minimum absolute atomic E-state index is 0.0997. The molecule has 0 aliphatic heterocycles. The van der Waals surface area contributed by atoms with Gasteiger partial charge in [-0.1, -0.05) is 42.5 Å². The van der Waals surface area contributed by atoms with Crippen molar-refractivity contribution in [2.75, 3.05) is 20.6 Å². The maximum atomic E-state index is 13.1. The molecule has 1 atom stereocenters. The van der Waals surface area contributed by atoms with E-state index in [9.17, 15) is 9.18 Å². The molecule has 0 heterocycles. The third kappa shape index (κ3) is 5.34. The Morgan fingerprint density at radius 1 is 1.17 bits per heavy atom. The van der Waals surface area contributed by atoms with Gasteiger partial charge in [0.2, 0.25) is 5.91 Å². The molecule has 3 nitrogen and oxygen atoms in total. The number of amides is 1. The fraction of sp³-hybridized carbons (Fsp3) is 0.211. The Kier molecular flexibility index (Phi) is 6.06. The predicted octanol–water partition coefficient (Wildman–Crippen LogP) is 3.26. The van der Waals surface area contributed by atoms with Crippen LogP contribution in [-0.2, 0) is 4.79 Å². The molecule has 2 aromatic carbocycles. The Morgan fingerprint density at radius 3 is 2.57 bits per heavy atom. The Morgan fingerprint density at radius 2 is 1.91 bits per heavy atom. The maximum absolute atomic E-state index is 13.1. The molecule has 4 heteroatoms. The van der Waals surface area contributed by atoms with Crippen molar-refractivity contribution in [1.29, 1.82) is 0 Å². The van der Waals surface area contributed by atoms with E-state index < -0.39 is 0 Å². The molecule has 0 radical (unpaired) electrons. The average Bonchev–Trinajstić information content (AvgIpc) is 2.54. The van der Waals surface area contributed by atoms with Crippen LogP contribution in [-0.4, -0.2) is 31.4 Å². The minimum atomic E-state index is -0.315. The fourth-order valence-electron chi connectivity index (χ4n) is 2.31. The summed E-state index contributed by atoms with van der Waals surface area (Å²) in [6.07, 6.45) is 3.03. The molecule has 0 aromatic heterocycles. The van der Waals surface area contributed by atoms with E-state index >= 15 is 0 Å². The molecule has 0 spiro atoms. The molecule has 1 unspecified atom stereocenters. The van der Waals surface area contributed by atoms with E-state index in [-0.39, 0.29) is 17.8 Å². The molecule has 2 rings (SSSR count). The molecule has 2 aromatic rings. The van der Waals surface area contributed by atoms with Crippen molar-refractivity contribution < 1.29 is 9.18 Å². The molecule has 0 saturated carbocycles. The second-order valence-corrected chi connectivity index (χ2v) is 5.52. The van der Waals surface area contributed by atoms with Crippen LogP contribution >= 0.6 is 0 Å². The standard InChI is InChI=1S/C19H21FN2O/c1-22(2)18(16-8-4-3-5-9-16)14-21-19(23)12-11-15-7-6-10-17(20)13-15/h3-13,18H,14H2,1-2H3,(H,21,23)/b12-11+. The molecule has 0 saturated heterocycles. The zero-order chi connectivity index (χ0) is 16.7. The first-order valence-corrected chi connectivity index (χ1v) is 7.49. The van der Waals surface area contributed by atoms with Gasteiger partial charge in [0.25, 0.3) is 0 Å². The number of rotatable bonds is 6. The van der Waals surface area contributed by atoms with Crippen LogP contribution in [0.3, 0.4) is 0 Å². The lowest BCUT2D eigenvalue weighted by molar-refractivity contribution is -0.116. The van der Waals surface area contributed by atoms with Crippen LogP contribution in [0, 0.1) is 5.82 Å². The maximum Gasteiger partial charge on any atom is 0.244 e. The first kappa shape index (κ1) is 16.9. The summed E-state index contributed by atoms with van der Waals surface area (Å²) in [7, 11) is 3.96. The second-order valence-electron chi connectivity index (χ2n) is 5.52. The van der Waals surface area contributed by atoms with E-state index in [2.05, 4.69) is 10.2 Å². The summed E-state index contributed by atoms with van der Waals surface area (Å²) < 4.78 is 13.1. The van der Waals surface area contributed by atoms with Gasteiger partial charge in [-0.15, -0.1) is 0 Å². The molecule has 120 valence electrons. The van der Waals surface area contributed by atoms with Gasteiger partial charge < -0.3 is 10.2 Å². The Bertz CT molecular complexity index is 668. The Hall–Kier alpha value is -2.46. The highest BCUT2D eigenvalue weighted by atomic mass is 19.1. The van der Waals surface area contributed by atoms with Crippen molar-refractivity contribution in [2.24, 2.45) is 0 Å². The van der Waals surface area contributed by atoms with Crippen LogP contribution < -0.4 is 5.32 Å². The molecule has 1 N–H and O–H groups in total. The fourth-order valence-corrected chi connectivity index (χ4v) is 2.31. The van der Waals surface area contributed by atoms with Crippen molar-refractivity contribution in [3.8, 4) is 0 Å². The van der Waals surface area contributed by atoms with Crippen molar-refractivity contribution >= 4 is 12.0 Å². The molecular formula is C19H21FN2O. The number of nitrogens with one attached hydrogen (secondary N) is 1. The van der Waals surface area contributed by atoms with Gasteiger partial charge in [0, 0.05) is 12.6 Å². The second kappa shape index (κ2) is 8.25. The van der Waals surface area contributed by atoms with E-state index in [1.165, 1.54) is 18.2 Å². The number of nitrogens with zero attached hydrogens (tertiary/aromatic N) is 1. The van der Waals surface area contributed by atoms with E-state index in [0.29, 0.717) is 12.1 Å². The number of carbonyl (C=O) groups excluding carboxylic acids is 1. The zero-order valence-corrected chi connectivity index (χ0v) is 13.4. The molecule has 0 fully saturated rings. The van der Waals surface area contributed by atoms with Crippen LogP contribution in [0.15, 0.2) is 60.7 Å². The number of hydrogen-bond donors (Lipinski definition) is 1. The van der Waals surface area contributed by atoms with Crippen molar-refractivity contribution in [1.82, 2.24) is 10.2 Å². The van der Waals surface area contributed by atoms with Crippen LogP contribution in [0.4, 0.5) is 4.39 Å². The van der Waals surface area contributed by atoms with Crippen LogP contribution in [0.25, 0.3) is 6.08 Å². The zero-order valence-electron chi connectivity index (χ0n) is 13.4. The average molecular weight is 312 g/mol. The topological polar surface area (TPSA) is 32.3 Å². The largest absolute Gasteiger partial charge is 0.351 e. The van der Waals surface area contributed by atoms with Crippen molar-refractivity contribution in [2.45, 2.75) is 6.04 Å². The SMILES string of the molecule is CN(C)C(CNC(=O)/C=C/c1cccc(F)c1)c1ccccc1. The molecule has 0 aliphatic rings. The molecule has 0 aliphatic carbocycles. The highest BCUT2D eigenvalue weighted by molar-refractivity contribution is 5.91. The number of carbonyl (C=O) groups is 1. The lowest BCUT2D eigenvalue weighted by Gasteiger charge is -2.24. The summed E-state index contributed by atoms with van der Waals surface area (Å²) in [5, 5.41) is 2.89. The minimum Gasteiger partial charge on any atom is -0.351 e. The predicted molar refractivity (Wildman–Crippen MR) is 91.3 cm³/mol. The lowest BCUT2D eigenvalue weighted by atomic mass is 10.1. The summed E-state index contributed by atoms with van der Waals surface area (Å²) in [6, 6.07) is 16.2. The van der Waals surface area contributed by atoms with Gasteiger partial charge in [-0.3, -0.25) is 4.79 Å². The lowest BCUT2D eigenvalue weighted by Crippen LogP contribution is -2.33. The number of halogens is 1. The van der Waals surface area contributed by atoms with E-state index in [4.69, 9.17) is 0 Å². The first-order valence-electron chi connectivity index (χ1n) is 7.49. The summed E-state index contributed by atoms with van der Waals surface area (Å²) >= 11 is 0. The smallest absolute Gasteiger partial charge is 0.244 e. The Balaban J connectivity index is 1.94. The molecule has 0 bridgehead atoms. The number of benzene rings is 2. The molecular weight excluding hydrogens is 291 g/mol. The van der Waals surface area contributed by atoms with Gasteiger partial charge in [-0.25, -0.2) is 4.39 Å². The van der Waals surface area contributed by atoms with Gasteiger partial charge in [-0.2, -0.15) is 0 Å². The highest BCUT2D eigenvalue weighted by Gasteiger charge is 2.14. The Labute approximate surface area is 136 Å². The van der Waals surface area contributed by atoms with Gasteiger partial charge in [0.15, 0.2) is 0 Å². The van der Waals surface area contributed by atoms with Gasteiger partial charge >= 0.3 is 0 Å². The van der Waals surface area contributed by atoms with Crippen LogP contribution in [0.2, 0.25) is 0 Å². The van der Waals surface area contributed by atoms with Crippen molar-refractivity contribution in [3.05, 3.63) is 77.6 Å². The molecule has 23 heavy (non-hydrogen) atoms. The molecule has 1 amide bonds. The monoisotopic (exact) mass is 312 g/mol. The van der Waals surface area contributed by atoms with Crippen LogP contribution in [0.1, 0.15) is 17.2 Å². The third-order valence-corrected chi connectivity index (χ3v) is 3.55. The summed E-state index contributed by atoms with van der Waals surface area (Å²) in [5.41, 5.74) is 1.80. The van der Waals surface area contributed by atoms with Gasteiger partial charge in [-0.05, 0) is 43.4 Å². The van der Waals surface area contributed by atoms with E-state index in [1.54, 1.807) is 18.2 Å². The quantitative estimate of drug-likeness (QED) is 0.830.